The van der Waals surface area contributed by atoms with Gasteiger partial charge in [-0.05, 0) is 18.1 Å². The maximum atomic E-state index is 6.14. The highest BCUT2D eigenvalue weighted by Gasteiger charge is 2.17. The minimum Gasteiger partial charge on any atom is -0.221 e. The molecule has 5 heteroatoms. The number of hydrogen-bond donors (Lipinski definition) is 0. The van der Waals surface area contributed by atoms with Crippen molar-refractivity contribution in [2.45, 2.75) is 6.92 Å². The van der Waals surface area contributed by atoms with Gasteiger partial charge >= 0.3 is 0 Å². The van der Waals surface area contributed by atoms with Crippen LogP contribution in [0.2, 0.25) is 20.4 Å². The van der Waals surface area contributed by atoms with Gasteiger partial charge in [-0.15, -0.1) is 0 Å². The summed E-state index contributed by atoms with van der Waals surface area (Å²) in [6.45, 7) is 1.96. The smallest absolute Gasteiger partial charge is 0.150 e. The lowest BCUT2D eigenvalue weighted by Crippen LogP contribution is -1.90. The predicted octanol–water partition coefficient (Wildman–Crippen LogP) is 5.67. The molecule has 0 aliphatic heterocycles. The molecule has 0 radical (unpaired) electrons. The van der Waals surface area contributed by atoms with Gasteiger partial charge in [-0.1, -0.05) is 70.7 Å². The number of nitrogens with zero attached hydrogens (tertiary/aromatic N) is 1. The predicted molar refractivity (Wildman–Crippen MR) is 74.5 cm³/mol. The average Bonchev–Trinajstić information content (AvgIpc) is 2.29. The van der Waals surface area contributed by atoms with E-state index in [-0.39, 0.29) is 10.3 Å². The maximum absolute atomic E-state index is 6.14. The Hall–Kier alpha value is -0.470. The number of aryl methyl sites for hydroxylation is 1. The van der Waals surface area contributed by atoms with Crippen LogP contribution >= 0.6 is 46.4 Å². The minimum atomic E-state index is 0.152. The molecule has 0 bridgehead atoms. The SMILES string of the molecule is Cc1ccccc1-c1c(Cl)c(Cl)nc(Cl)c1Cl. The van der Waals surface area contributed by atoms with Gasteiger partial charge in [-0.3, -0.25) is 0 Å². The van der Waals surface area contributed by atoms with E-state index in [1.165, 1.54) is 0 Å². The summed E-state index contributed by atoms with van der Waals surface area (Å²) in [6.07, 6.45) is 0. The van der Waals surface area contributed by atoms with E-state index in [0.29, 0.717) is 15.6 Å². The van der Waals surface area contributed by atoms with Crippen LogP contribution in [0.25, 0.3) is 11.1 Å². The third-order valence-electron chi connectivity index (χ3n) is 2.41. The first kappa shape index (κ1) is 13.0. The van der Waals surface area contributed by atoms with Crippen LogP contribution in [-0.4, -0.2) is 4.98 Å². The molecule has 1 nitrogen and oxygen atoms in total. The second-order valence-electron chi connectivity index (χ2n) is 3.51. The van der Waals surface area contributed by atoms with E-state index in [9.17, 15) is 0 Å². The zero-order valence-electron chi connectivity index (χ0n) is 8.77. The van der Waals surface area contributed by atoms with Crippen LogP contribution in [-0.2, 0) is 0 Å². The van der Waals surface area contributed by atoms with Crippen molar-refractivity contribution in [1.82, 2.24) is 4.98 Å². The van der Waals surface area contributed by atoms with Gasteiger partial charge < -0.3 is 0 Å². The lowest BCUT2D eigenvalue weighted by atomic mass is 10.0. The number of aromatic nitrogens is 1. The van der Waals surface area contributed by atoms with Gasteiger partial charge in [-0.2, -0.15) is 0 Å². The van der Waals surface area contributed by atoms with Crippen LogP contribution in [0.15, 0.2) is 24.3 Å². The molecule has 0 unspecified atom stereocenters. The Bertz CT molecular complexity index is 555. The van der Waals surface area contributed by atoms with Gasteiger partial charge in [-0.25, -0.2) is 4.98 Å². The highest BCUT2D eigenvalue weighted by molar-refractivity contribution is 6.48. The summed E-state index contributed by atoms with van der Waals surface area (Å²) in [4.78, 5) is 3.86. The van der Waals surface area contributed by atoms with E-state index in [1.807, 2.05) is 31.2 Å². The van der Waals surface area contributed by atoms with Gasteiger partial charge in [0.15, 0.2) is 0 Å². The van der Waals surface area contributed by atoms with E-state index >= 15 is 0 Å². The van der Waals surface area contributed by atoms with E-state index in [2.05, 4.69) is 4.98 Å². The van der Waals surface area contributed by atoms with Crippen LogP contribution in [0, 0.1) is 6.92 Å². The summed E-state index contributed by atoms with van der Waals surface area (Å²) in [5.74, 6) is 0. The molecule has 0 saturated carbocycles. The van der Waals surface area contributed by atoms with Crippen molar-refractivity contribution in [2.75, 3.05) is 0 Å². The number of halogens is 4. The summed E-state index contributed by atoms with van der Waals surface area (Å²) >= 11 is 24.1. The number of pyridine rings is 1. The monoisotopic (exact) mass is 305 g/mol. The lowest BCUT2D eigenvalue weighted by molar-refractivity contribution is 1.32. The normalized spacial score (nSPS) is 10.6. The number of benzene rings is 1. The summed E-state index contributed by atoms with van der Waals surface area (Å²) in [5, 5.41) is 0.935. The summed E-state index contributed by atoms with van der Waals surface area (Å²) < 4.78 is 0. The van der Waals surface area contributed by atoms with Crippen LogP contribution in [0.3, 0.4) is 0 Å². The number of hydrogen-bond acceptors (Lipinski definition) is 1. The zero-order chi connectivity index (χ0) is 12.6. The Balaban J connectivity index is 2.80. The summed E-state index contributed by atoms with van der Waals surface area (Å²) in [7, 11) is 0. The largest absolute Gasteiger partial charge is 0.221 e. The van der Waals surface area contributed by atoms with E-state index in [0.717, 1.165) is 11.1 Å². The third kappa shape index (κ3) is 2.38. The van der Waals surface area contributed by atoms with Crippen molar-refractivity contribution >= 4 is 46.4 Å². The van der Waals surface area contributed by atoms with Crippen molar-refractivity contribution in [3.8, 4) is 11.1 Å². The van der Waals surface area contributed by atoms with E-state index in [1.54, 1.807) is 0 Å². The fraction of sp³-hybridized carbons (Fsp3) is 0.0833. The first-order valence-corrected chi connectivity index (χ1v) is 6.29. The Morgan fingerprint density at radius 1 is 0.882 bits per heavy atom. The highest BCUT2D eigenvalue weighted by Crippen LogP contribution is 2.42. The fourth-order valence-corrected chi connectivity index (χ4v) is 2.50. The van der Waals surface area contributed by atoms with Crippen molar-refractivity contribution < 1.29 is 0 Å². The second kappa shape index (κ2) is 5.03. The van der Waals surface area contributed by atoms with Crippen LogP contribution in [0.5, 0.6) is 0 Å². The Morgan fingerprint density at radius 2 is 1.41 bits per heavy atom. The quantitative estimate of drug-likeness (QED) is 0.618. The Labute approximate surface area is 119 Å². The molecule has 1 heterocycles. The van der Waals surface area contributed by atoms with Gasteiger partial charge in [0, 0.05) is 5.56 Å². The first-order valence-electron chi connectivity index (χ1n) is 4.78. The van der Waals surface area contributed by atoms with Gasteiger partial charge in [0.25, 0.3) is 0 Å². The molecule has 2 rings (SSSR count). The van der Waals surface area contributed by atoms with Crippen LogP contribution in [0.1, 0.15) is 5.56 Å². The number of rotatable bonds is 1. The Morgan fingerprint density at radius 3 is 1.94 bits per heavy atom. The summed E-state index contributed by atoms with van der Waals surface area (Å²) in [6, 6.07) is 7.71. The topological polar surface area (TPSA) is 12.9 Å². The zero-order valence-corrected chi connectivity index (χ0v) is 11.8. The Kier molecular flexibility index (Phi) is 3.84. The summed E-state index contributed by atoms with van der Waals surface area (Å²) in [5.41, 5.74) is 2.56. The van der Waals surface area contributed by atoms with Crippen LogP contribution in [0.4, 0.5) is 0 Å². The minimum absolute atomic E-state index is 0.152. The van der Waals surface area contributed by atoms with E-state index in [4.69, 9.17) is 46.4 Å². The molecule has 0 aliphatic carbocycles. The molecule has 0 N–H and O–H groups in total. The first-order chi connectivity index (χ1) is 8.02. The second-order valence-corrected chi connectivity index (χ2v) is 4.98. The van der Waals surface area contributed by atoms with Crippen molar-refractivity contribution in [2.24, 2.45) is 0 Å². The molecule has 88 valence electrons. The standard InChI is InChI=1S/C12H7Cl4N/c1-6-4-2-3-5-7(6)8-9(13)11(15)17-12(16)10(8)14/h2-5H,1H3. The van der Waals surface area contributed by atoms with Crippen molar-refractivity contribution in [3.63, 3.8) is 0 Å². The van der Waals surface area contributed by atoms with Gasteiger partial charge in [0.05, 0.1) is 10.0 Å². The average molecular weight is 307 g/mol. The molecule has 0 atom stereocenters. The van der Waals surface area contributed by atoms with Gasteiger partial charge in [0.2, 0.25) is 0 Å². The van der Waals surface area contributed by atoms with Crippen molar-refractivity contribution in [3.05, 3.63) is 50.2 Å². The highest BCUT2D eigenvalue weighted by atomic mass is 35.5. The fourth-order valence-electron chi connectivity index (χ4n) is 1.58. The molecule has 17 heavy (non-hydrogen) atoms. The molecule has 0 fully saturated rings. The molecule has 0 spiro atoms. The third-order valence-corrected chi connectivity index (χ3v) is 3.89. The molecule has 0 aliphatic rings. The lowest BCUT2D eigenvalue weighted by Gasteiger charge is -2.11. The maximum Gasteiger partial charge on any atom is 0.150 e. The van der Waals surface area contributed by atoms with E-state index < -0.39 is 0 Å². The van der Waals surface area contributed by atoms with Gasteiger partial charge in [0.1, 0.15) is 10.3 Å². The molecule has 0 amide bonds. The molecule has 0 saturated heterocycles. The van der Waals surface area contributed by atoms with Crippen molar-refractivity contribution in [1.29, 1.82) is 0 Å². The van der Waals surface area contributed by atoms with Crippen LogP contribution < -0.4 is 0 Å². The molecule has 1 aromatic carbocycles. The molecule has 2 aromatic rings. The molecule has 1 aromatic heterocycles. The molecular formula is C12H7Cl4N. The molecular weight excluding hydrogens is 300 g/mol.